The van der Waals surface area contributed by atoms with E-state index in [9.17, 15) is 13.2 Å². The molecule has 1 aromatic heterocycles. The van der Waals surface area contributed by atoms with E-state index >= 15 is 0 Å². The summed E-state index contributed by atoms with van der Waals surface area (Å²) < 4.78 is 26.7. The Hall–Kier alpha value is -2.26. The number of carbonyl (C=O) groups excluding carboxylic acids is 1. The molecule has 0 saturated carbocycles. The van der Waals surface area contributed by atoms with Crippen LogP contribution in [0.25, 0.3) is 10.9 Å². The van der Waals surface area contributed by atoms with Crippen molar-refractivity contribution < 1.29 is 13.2 Å². The number of H-pyrrole nitrogens is 1. The second-order valence-electron chi connectivity index (χ2n) is 4.15. The SMILES string of the molecule is NC(=O)NCCNS(=O)(=O)c1c[nH]c2ccc(N)cc12. The molecule has 1 heterocycles. The first-order valence-electron chi connectivity index (χ1n) is 5.80. The number of nitrogens with one attached hydrogen (secondary N) is 3. The zero-order valence-corrected chi connectivity index (χ0v) is 11.3. The minimum Gasteiger partial charge on any atom is -0.399 e. The van der Waals surface area contributed by atoms with Gasteiger partial charge in [0.05, 0.1) is 0 Å². The van der Waals surface area contributed by atoms with Crippen molar-refractivity contribution in [2.75, 3.05) is 18.8 Å². The first-order chi connectivity index (χ1) is 9.40. The highest BCUT2D eigenvalue weighted by molar-refractivity contribution is 7.89. The van der Waals surface area contributed by atoms with Crippen LogP contribution in [0.1, 0.15) is 0 Å². The van der Waals surface area contributed by atoms with E-state index in [1.54, 1.807) is 18.2 Å². The molecule has 0 unspecified atom stereocenters. The Balaban J connectivity index is 2.19. The number of aromatic nitrogens is 1. The van der Waals surface area contributed by atoms with E-state index in [0.29, 0.717) is 16.6 Å². The van der Waals surface area contributed by atoms with Gasteiger partial charge in [0.15, 0.2) is 0 Å². The fourth-order valence-corrected chi connectivity index (χ4v) is 2.98. The van der Waals surface area contributed by atoms with Gasteiger partial charge < -0.3 is 21.8 Å². The Morgan fingerprint density at radius 3 is 2.75 bits per heavy atom. The number of primary amides is 1. The molecule has 0 bridgehead atoms. The maximum absolute atomic E-state index is 12.1. The molecule has 0 spiro atoms. The van der Waals surface area contributed by atoms with Crippen LogP contribution < -0.4 is 21.5 Å². The normalized spacial score (nSPS) is 11.6. The molecule has 0 aliphatic heterocycles. The summed E-state index contributed by atoms with van der Waals surface area (Å²) in [4.78, 5) is 13.5. The van der Waals surface area contributed by atoms with Crippen molar-refractivity contribution in [2.24, 2.45) is 5.73 Å². The third-order valence-corrected chi connectivity index (χ3v) is 4.17. The minimum atomic E-state index is -3.69. The van der Waals surface area contributed by atoms with Crippen LogP contribution in [0.4, 0.5) is 10.5 Å². The van der Waals surface area contributed by atoms with Gasteiger partial charge in [0.2, 0.25) is 10.0 Å². The summed E-state index contributed by atoms with van der Waals surface area (Å²) >= 11 is 0. The fourth-order valence-electron chi connectivity index (χ4n) is 1.78. The first-order valence-corrected chi connectivity index (χ1v) is 7.28. The largest absolute Gasteiger partial charge is 0.399 e. The predicted molar refractivity (Wildman–Crippen MR) is 75.5 cm³/mol. The van der Waals surface area contributed by atoms with Crippen LogP contribution in [-0.2, 0) is 10.0 Å². The summed E-state index contributed by atoms with van der Waals surface area (Å²) in [6, 6.07) is 4.27. The quantitative estimate of drug-likeness (QED) is 0.381. The van der Waals surface area contributed by atoms with E-state index in [-0.39, 0.29) is 18.0 Å². The summed E-state index contributed by atoms with van der Waals surface area (Å²) in [5, 5.41) is 2.81. The molecule has 2 rings (SSSR count). The summed E-state index contributed by atoms with van der Waals surface area (Å²) in [6.07, 6.45) is 1.40. The monoisotopic (exact) mass is 297 g/mol. The molecule has 0 fully saturated rings. The van der Waals surface area contributed by atoms with Gasteiger partial charge in [-0.2, -0.15) is 0 Å². The lowest BCUT2D eigenvalue weighted by Crippen LogP contribution is -2.37. The number of hydrogen-bond acceptors (Lipinski definition) is 4. The second kappa shape index (κ2) is 5.39. The van der Waals surface area contributed by atoms with Crippen molar-refractivity contribution in [3.63, 3.8) is 0 Å². The van der Waals surface area contributed by atoms with Crippen LogP contribution in [0.2, 0.25) is 0 Å². The van der Waals surface area contributed by atoms with E-state index in [2.05, 4.69) is 15.0 Å². The van der Waals surface area contributed by atoms with Crippen molar-refractivity contribution in [3.05, 3.63) is 24.4 Å². The molecule has 2 aromatic rings. The number of sulfonamides is 1. The Kier molecular flexibility index (Phi) is 3.81. The summed E-state index contributed by atoms with van der Waals surface area (Å²) in [6.45, 7) is 0.152. The minimum absolute atomic E-state index is 0.0419. The summed E-state index contributed by atoms with van der Waals surface area (Å²) in [5.41, 5.74) is 11.7. The molecule has 0 atom stereocenters. The van der Waals surface area contributed by atoms with Crippen LogP contribution in [0, 0.1) is 0 Å². The molecule has 9 heteroatoms. The third-order valence-electron chi connectivity index (χ3n) is 2.67. The highest BCUT2D eigenvalue weighted by Gasteiger charge is 2.18. The van der Waals surface area contributed by atoms with Crippen molar-refractivity contribution in [3.8, 4) is 0 Å². The Morgan fingerprint density at radius 2 is 2.05 bits per heavy atom. The maximum atomic E-state index is 12.1. The Morgan fingerprint density at radius 1 is 1.30 bits per heavy atom. The standard InChI is InChI=1S/C11H15N5O3S/c12-7-1-2-9-8(5-7)10(6-15-9)20(18,19)16-4-3-14-11(13)17/h1-2,5-6,15-16H,3-4,12H2,(H3,13,14,17). The average Bonchev–Trinajstić information content (AvgIpc) is 2.78. The van der Waals surface area contributed by atoms with Gasteiger partial charge in [0.25, 0.3) is 0 Å². The van der Waals surface area contributed by atoms with Gasteiger partial charge >= 0.3 is 6.03 Å². The fraction of sp³-hybridized carbons (Fsp3) is 0.182. The van der Waals surface area contributed by atoms with Crippen LogP contribution in [0.5, 0.6) is 0 Å². The molecule has 8 nitrogen and oxygen atoms in total. The van der Waals surface area contributed by atoms with Crippen molar-refractivity contribution >= 4 is 32.6 Å². The number of benzene rings is 1. The highest BCUT2D eigenvalue weighted by Crippen LogP contribution is 2.24. The molecule has 20 heavy (non-hydrogen) atoms. The molecule has 108 valence electrons. The van der Waals surface area contributed by atoms with Gasteiger partial charge in [-0.15, -0.1) is 0 Å². The number of amides is 2. The van der Waals surface area contributed by atoms with Gasteiger partial charge in [-0.1, -0.05) is 0 Å². The number of anilines is 1. The number of urea groups is 1. The van der Waals surface area contributed by atoms with Crippen LogP contribution in [0.15, 0.2) is 29.3 Å². The molecule has 0 aliphatic rings. The molecule has 0 aliphatic carbocycles. The van der Waals surface area contributed by atoms with E-state index in [1.807, 2.05) is 0 Å². The Bertz CT molecular complexity index is 738. The van der Waals surface area contributed by atoms with Gasteiger partial charge in [-0.05, 0) is 18.2 Å². The zero-order chi connectivity index (χ0) is 14.8. The van der Waals surface area contributed by atoms with Gasteiger partial charge in [-0.25, -0.2) is 17.9 Å². The lowest BCUT2D eigenvalue weighted by Gasteiger charge is -2.06. The molecular weight excluding hydrogens is 282 g/mol. The van der Waals surface area contributed by atoms with E-state index in [4.69, 9.17) is 11.5 Å². The zero-order valence-electron chi connectivity index (χ0n) is 10.5. The molecule has 1 aromatic carbocycles. The number of aromatic amines is 1. The number of hydrogen-bond donors (Lipinski definition) is 5. The second-order valence-corrected chi connectivity index (χ2v) is 5.88. The Labute approximate surface area is 115 Å². The number of carbonyl (C=O) groups is 1. The summed E-state index contributed by atoms with van der Waals surface area (Å²) in [7, 11) is -3.69. The lowest BCUT2D eigenvalue weighted by atomic mass is 10.2. The van der Waals surface area contributed by atoms with E-state index in [0.717, 1.165) is 0 Å². The molecule has 7 N–H and O–H groups in total. The number of nitrogen functional groups attached to an aromatic ring is 1. The van der Waals surface area contributed by atoms with Crippen LogP contribution >= 0.6 is 0 Å². The van der Waals surface area contributed by atoms with E-state index in [1.165, 1.54) is 6.20 Å². The molecular formula is C11H15N5O3S. The third kappa shape index (κ3) is 3.00. The smallest absolute Gasteiger partial charge is 0.312 e. The van der Waals surface area contributed by atoms with Gasteiger partial charge in [0, 0.05) is 35.9 Å². The lowest BCUT2D eigenvalue weighted by molar-refractivity contribution is 0.249. The topological polar surface area (TPSA) is 143 Å². The van der Waals surface area contributed by atoms with E-state index < -0.39 is 16.1 Å². The molecule has 0 radical (unpaired) electrons. The molecule has 2 amide bonds. The van der Waals surface area contributed by atoms with Gasteiger partial charge in [0.1, 0.15) is 4.90 Å². The van der Waals surface area contributed by atoms with Crippen LogP contribution in [-0.4, -0.2) is 32.5 Å². The van der Waals surface area contributed by atoms with Crippen molar-refractivity contribution in [2.45, 2.75) is 4.90 Å². The average molecular weight is 297 g/mol. The number of nitrogens with two attached hydrogens (primary N) is 2. The first kappa shape index (κ1) is 14.2. The molecule has 0 saturated heterocycles. The highest BCUT2D eigenvalue weighted by atomic mass is 32.2. The van der Waals surface area contributed by atoms with Gasteiger partial charge in [-0.3, -0.25) is 0 Å². The van der Waals surface area contributed by atoms with Crippen molar-refractivity contribution in [1.82, 2.24) is 15.0 Å². The predicted octanol–water partition coefficient (Wildman–Crippen LogP) is -0.303. The summed E-state index contributed by atoms with van der Waals surface area (Å²) in [5.74, 6) is 0. The van der Waals surface area contributed by atoms with Crippen molar-refractivity contribution in [1.29, 1.82) is 0 Å². The number of fused-ring (bicyclic) bond motifs is 1. The van der Waals surface area contributed by atoms with Crippen LogP contribution in [0.3, 0.4) is 0 Å². The maximum Gasteiger partial charge on any atom is 0.312 e. The number of rotatable bonds is 5.